The number of carbonyl (C=O) groups excluding carboxylic acids is 3. The zero-order valence-electron chi connectivity index (χ0n) is 22.8. The van der Waals surface area contributed by atoms with Gasteiger partial charge in [-0.1, -0.05) is 60.2 Å². The van der Waals surface area contributed by atoms with Crippen molar-refractivity contribution >= 4 is 17.9 Å². The van der Waals surface area contributed by atoms with Crippen LogP contribution in [-0.2, 0) is 20.7 Å². The molecule has 196 valence electrons. The summed E-state index contributed by atoms with van der Waals surface area (Å²) in [6.45, 7) is 15.1. The third-order valence-electron chi connectivity index (χ3n) is 5.31. The SMILES string of the molecule is CCN(C(=O)C(Cc1ccccc1)NC(=O)OC(C)(C)C)C(C(=O)NC(C)(C)C)c1cccc(C)c1. The number of rotatable bonds is 8. The van der Waals surface area contributed by atoms with Gasteiger partial charge in [0.05, 0.1) is 0 Å². The van der Waals surface area contributed by atoms with Crippen molar-refractivity contribution in [3.05, 3.63) is 71.3 Å². The number of amides is 3. The van der Waals surface area contributed by atoms with Crippen molar-refractivity contribution in [1.82, 2.24) is 15.5 Å². The first kappa shape index (κ1) is 28.9. The summed E-state index contributed by atoms with van der Waals surface area (Å²) in [4.78, 5) is 41.8. The predicted octanol–water partition coefficient (Wildman–Crippen LogP) is 4.94. The number of hydrogen-bond acceptors (Lipinski definition) is 4. The molecule has 0 radical (unpaired) electrons. The smallest absolute Gasteiger partial charge is 0.408 e. The Hall–Kier alpha value is -3.35. The van der Waals surface area contributed by atoms with Crippen LogP contribution in [0.3, 0.4) is 0 Å². The minimum atomic E-state index is -0.919. The fourth-order valence-electron chi connectivity index (χ4n) is 3.92. The van der Waals surface area contributed by atoms with Crippen molar-refractivity contribution in [2.45, 2.75) is 85.0 Å². The van der Waals surface area contributed by atoms with Crippen LogP contribution in [0.15, 0.2) is 54.6 Å². The van der Waals surface area contributed by atoms with Gasteiger partial charge < -0.3 is 20.3 Å². The highest BCUT2D eigenvalue weighted by atomic mass is 16.6. The molecule has 0 aliphatic carbocycles. The van der Waals surface area contributed by atoms with E-state index in [0.29, 0.717) is 5.56 Å². The number of nitrogens with zero attached hydrogens (tertiary/aromatic N) is 1. The fourth-order valence-corrected chi connectivity index (χ4v) is 3.92. The maximum Gasteiger partial charge on any atom is 0.408 e. The van der Waals surface area contributed by atoms with E-state index in [0.717, 1.165) is 11.1 Å². The van der Waals surface area contributed by atoms with Crippen molar-refractivity contribution in [3.63, 3.8) is 0 Å². The van der Waals surface area contributed by atoms with Gasteiger partial charge >= 0.3 is 6.09 Å². The summed E-state index contributed by atoms with van der Waals surface area (Å²) >= 11 is 0. The summed E-state index contributed by atoms with van der Waals surface area (Å²) < 4.78 is 5.44. The Morgan fingerprint density at radius 3 is 2.11 bits per heavy atom. The minimum Gasteiger partial charge on any atom is -0.444 e. The highest BCUT2D eigenvalue weighted by molar-refractivity contribution is 5.92. The molecule has 0 saturated carbocycles. The lowest BCUT2D eigenvalue weighted by Gasteiger charge is -2.35. The van der Waals surface area contributed by atoms with Gasteiger partial charge in [-0.25, -0.2) is 4.79 Å². The number of likely N-dealkylation sites (N-methyl/N-ethyl adjacent to an activating group) is 1. The molecule has 0 aromatic heterocycles. The number of alkyl carbamates (subject to hydrolysis) is 1. The van der Waals surface area contributed by atoms with Crippen LogP contribution in [0.5, 0.6) is 0 Å². The molecule has 2 rings (SSSR count). The van der Waals surface area contributed by atoms with E-state index in [1.165, 1.54) is 4.90 Å². The van der Waals surface area contributed by atoms with Gasteiger partial charge in [-0.3, -0.25) is 9.59 Å². The normalized spacial score (nSPS) is 13.3. The van der Waals surface area contributed by atoms with Crippen molar-refractivity contribution in [2.75, 3.05) is 6.54 Å². The quantitative estimate of drug-likeness (QED) is 0.543. The molecule has 0 saturated heterocycles. The van der Waals surface area contributed by atoms with Crippen LogP contribution in [0.2, 0.25) is 0 Å². The molecule has 2 unspecified atom stereocenters. The molecule has 0 heterocycles. The van der Waals surface area contributed by atoms with E-state index in [1.54, 1.807) is 20.8 Å². The van der Waals surface area contributed by atoms with E-state index in [2.05, 4.69) is 10.6 Å². The van der Waals surface area contributed by atoms with Gasteiger partial charge in [0.25, 0.3) is 0 Å². The monoisotopic (exact) mass is 495 g/mol. The van der Waals surface area contributed by atoms with Gasteiger partial charge in [-0.2, -0.15) is 0 Å². The largest absolute Gasteiger partial charge is 0.444 e. The molecule has 3 amide bonds. The number of ether oxygens (including phenoxy) is 1. The third-order valence-corrected chi connectivity index (χ3v) is 5.31. The Kier molecular flexibility index (Phi) is 9.68. The van der Waals surface area contributed by atoms with Gasteiger partial charge in [0.15, 0.2) is 0 Å². The van der Waals surface area contributed by atoms with Crippen LogP contribution in [0.4, 0.5) is 4.79 Å². The highest BCUT2D eigenvalue weighted by Gasteiger charge is 2.36. The highest BCUT2D eigenvalue weighted by Crippen LogP contribution is 2.25. The molecule has 7 heteroatoms. The first-order chi connectivity index (χ1) is 16.7. The second kappa shape index (κ2) is 12.1. The average molecular weight is 496 g/mol. The summed E-state index contributed by atoms with van der Waals surface area (Å²) in [5, 5.41) is 5.78. The standard InChI is InChI=1S/C29H41N3O4/c1-9-32(24(25(33)31-28(3,4)5)22-17-13-14-20(2)18-22)26(34)23(19-21-15-11-10-12-16-21)30-27(35)36-29(6,7)8/h10-18,23-24H,9,19H2,1-8H3,(H,30,35)(H,31,33). The molecule has 36 heavy (non-hydrogen) atoms. The lowest BCUT2D eigenvalue weighted by atomic mass is 9.98. The Balaban J connectivity index is 2.48. The Bertz CT molecular complexity index is 1040. The molecule has 2 N–H and O–H groups in total. The maximum absolute atomic E-state index is 14.0. The molecular weight excluding hydrogens is 454 g/mol. The molecule has 0 fully saturated rings. The van der Waals surface area contributed by atoms with Crippen molar-refractivity contribution in [3.8, 4) is 0 Å². The van der Waals surface area contributed by atoms with E-state index in [-0.39, 0.29) is 24.8 Å². The van der Waals surface area contributed by atoms with Crippen LogP contribution >= 0.6 is 0 Å². The van der Waals surface area contributed by atoms with E-state index >= 15 is 0 Å². The fraction of sp³-hybridized carbons (Fsp3) is 0.483. The first-order valence-corrected chi connectivity index (χ1v) is 12.4. The Morgan fingerprint density at radius 1 is 0.944 bits per heavy atom. The molecule has 0 bridgehead atoms. The number of hydrogen-bond donors (Lipinski definition) is 2. The van der Waals surface area contributed by atoms with Crippen LogP contribution in [0.1, 0.15) is 71.2 Å². The molecule has 0 aliphatic heterocycles. The topological polar surface area (TPSA) is 87.7 Å². The number of aryl methyl sites for hydroxylation is 1. The van der Waals surface area contributed by atoms with E-state index in [1.807, 2.05) is 89.2 Å². The Morgan fingerprint density at radius 2 is 1.58 bits per heavy atom. The average Bonchev–Trinajstić information content (AvgIpc) is 2.74. The van der Waals surface area contributed by atoms with Crippen molar-refractivity contribution in [2.24, 2.45) is 0 Å². The van der Waals surface area contributed by atoms with E-state index < -0.39 is 29.3 Å². The summed E-state index contributed by atoms with van der Waals surface area (Å²) in [7, 11) is 0. The molecule has 0 aliphatic rings. The van der Waals surface area contributed by atoms with Gasteiger partial charge in [0, 0.05) is 18.5 Å². The summed E-state index contributed by atoms with van der Waals surface area (Å²) in [5.74, 6) is -0.637. The summed E-state index contributed by atoms with van der Waals surface area (Å²) in [6, 6.07) is 15.3. The molecule has 7 nitrogen and oxygen atoms in total. The zero-order chi connectivity index (χ0) is 27.1. The maximum atomic E-state index is 14.0. The van der Waals surface area contributed by atoms with Gasteiger partial charge in [-0.05, 0) is 66.5 Å². The lowest BCUT2D eigenvalue weighted by molar-refractivity contribution is -0.142. The predicted molar refractivity (Wildman–Crippen MR) is 143 cm³/mol. The van der Waals surface area contributed by atoms with Gasteiger partial charge in [-0.15, -0.1) is 0 Å². The summed E-state index contributed by atoms with van der Waals surface area (Å²) in [6.07, 6.45) is -0.421. The number of benzene rings is 2. The number of carbonyl (C=O) groups is 3. The van der Waals surface area contributed by atoms with Gasteiger partial charge in [0.2, 0.25) is 11.8 Å². The van der Waals surface area contributed by atoms with E-state index in [9.17, 15) is 14.4 Å². The van der Waals surface area contributed by atoms with E-state index in [4.69, 9.17) is 4.74 Å². The summed E-state index contributed by atoms with van der Waals surface area (Å²) in [5.41, 5.74) is 1.37. The molecule has 2 aromatic rings. The first-order valence-electron chi connectivity index (χ1n) is 12.4. The second-order valence-electron chi connectivity index (χ2n) is 11.1. The zero-order valence-corrected chi connectivity index (χ0v) is 22.8. The Labute approximate surface area is 215 Å². The van der Waals surface area contributed by atoms with Crippen LogP contribution in [-0.4, -0.2) is 46.5 Å². The van der Waals surface area contributed by atoms with Crippen molar-refractivity contribution in [1.29, 1.82) is 0 Å². The molecule has 2 aromatic carbocycles. The van der Waals surface area contributed by atoms with Crippen LogP contribution < -0.4 is 10.6 Å². The lowest BCUT2D eigenvalue weighted by Crippen LogP contribution is -2.55. The van der Waals surface area contributed by atoms with Crippen molar-refractivity contribution < 1.29 is 19.1 Å². The third kappa shape index (κ3) is 9.02. The second-order valence-corrected chi connectivity index (χ2v) is 11.1. The van der Waals surface area contributed by atoms with Crippen LogP contribution in [0.25, 0.3) is 0 Å². The molecule has 0 spiro atoms. The molecular formula is C29H41N3O4. The van der Waals surface area contributed by atoms with Crippen LogP contribution in [0, 0.1) is 6.92 Å². The number of nitrogens with one attached hydrogen (secondary N) is 2. The van der Waals surface area contributed by atoms with Gasteiger partial charge in [0.1, 0.15) is 17.7 Å². The molecule has 2 atom stereocenters. The minimum absolute atomic E-state index is 0.261.